The average Bonchev–Trinajstić information content (AvgIpc) is 2.98. The second-order valence-corrected chi connectivity index (χ2v) is 4.55. The van der Waals surface area contributed by atoms with Gasteiger partial charge >= 0.3 is 5.97 Å². The van der Waals surface area contributed by atoms with E-state index in [1.54, 1.807) is 6.07 Å². The number of carboxylic acid groups (broad SMARTS) is 1. The van der Waals surface area contributed by atoms with E-state index in [9.17, 15) is 9.18 Å². The van der Waals surface area contributed by atoms with Crippen molar-refractivity contribution >= 4 is 11.7 Å². The fourth-order valence-electron chi connectivity index (χ4n) is 2.35. The molecule has 0 aliphatic carbocycles. The minimum absolute atomic E-state index is 0.133. The molecule has 19 heavy (non-hydrogen) atoms. The van der Waals surface area contributed by atoms with Gasteiger partial charge in [0.25, 0.3) is 0 Å². The molecule has 0 saturated carbocycles. The van der Waals surface area contributed by atoms with E-state index in [-0.39, 0.29) is 11.4 Å². The van der Waals surface area contributed by atoms with Gasteiger partial charge in [-0.05, 0) is 30.2 Å². The van der Waals surface area contributed by atoms with Gasteiger partial charge in [0.2, 0.25) is 0 Å². The number of anilines is 1. The first-order valence-corrected chi connectivity index (χ1v) is 5.97. The van der Waals surface area contributed by atoms with Crippen LogP contribution in [0.15, 0.2) is 34.9 Å². The summed E-state index contributed by atoms with van der Waals surface area (Å²) < 4.78 is 18.5. The highest BCUT2D eigenvalue weighted by Gasteiger charge is 2.21. The molecule has 0 atom stereocenters. The highest BCUT2D eigenvalue weighted by Crippen LogP contribution is 2.30. The molecule has 0 spiro atoms. The Bertz CT molecular complexity index is 635. The first-order valence-electron chi connectivity index (χ1n) is 5.97. The normalized spacial score (nSPS) is 13.6. The molecule has 0 bridgehead atoms. The number of fused-ring (bicyclic) bond motifs is 1. The Morgan fingerprint density at radius 3 is 3.00 bits per heavy atom. The van der Waals surface area contributed by atoms with E-state index in [1.165, 1.54) is 24.5 Å². The molecule has 1 aliphatic rings. The Morgan fingerprint density at radius 2 is 2.26 bits per heavy atom. The van der Waals surface area contributed by atoms with Crippen LogP contribution in [0.2, 0.25) is 0 Å². The van der Waals surface area contributed by atoms with E-state index in [2.05, 4.69) is 0 Å². The standard InChI is InChI=1S/C14H12FNO3/c15-11-2-1-9-3-4-16(13(9)6-11)7-12-5-10(8-19-12)14(17)18/h1-2,5-6,8H,3-4,7H2,(H,17,18). The van der Waals surface area contributed by atoms with Gasteiger partial charge in [0, 0.05) is 12.2 Å². The highest BCUT2D eigenvalue weighted by molar-refractivity contribution is 5.87. The highest BCUT2D eigenvalue weighted by atomic mass is 19.1. The number of carbonyl (C=O) groups is 1. The molecule has 1 aliphatic heterocycles. The lowest BCUT2D eigenvalue weighted by atomic mass is 10.2. The summed E-state index contributed by atoms with van der Waals surface area (Å²) in [6, 6.07) is 6.25. The van der Waals surface area contributed by atoms with Crippen LogP contribution >= 0.6 is 0 Å². The van der Waals surface area contributed by atoms with Crippen LogP contribution in [0.4, 0.5) is 10.1 Å². The van der Waals surface area contributed by atoms with Crippen molar-refractivity contribution in [2.24, 2.45) is 0 Å². The summed E-state index contributed by atoms with van der Waals surface area (Å²) in [5.41, 5.74) is 2.09. The summed E-state index contributed by atoms with van der Waals surface area (Å²) in [6.07, 6.45) is 2.09. The molecule has 2 heterocycles. The number of benzene rings is 1. The van der Waals surface area contributed by atoms with Crippen LogP contribution in [-0.4, -0.2) is 17.6 Å². The van der Waals surface area contributed by atoms with Crippen LogP contribution < -0.4 is 4.90 Å². The lowest BCUT2D eigenvalue weighted by Crippen LogP contribution is -2.19. The van der Waals surface area contributed by atoms with Gasteiger partial charge in [0.05, 0.1) is 12.1 Å². The third-order valence-corrected chi connectivity index (χ3v) is 3.29. The van der Waals surface area contributed by atoms with Crippen LogP contribution in [-0.2, 0) is 13.0 Å². The molecule has 5 heteroatoms. The first-order chi connectivity index (χ1) is 9.13. The van der Waals surface area contributed by atoms with Crippen molar-refractivity contribution in [2.75, 3.05) is 11.4 Å². The van der Waals surface area contributed by atoms with E-state index in [0.29, 0.717) is 12.3 Å². The van der Waals surface area contributed by atoms with Crippen molar-refractivity contribution in [3.63, 3.8) is 0 Å². The molecule has 1 aromatic carbocycles. The zero-order valence-electron chi connectivity index (χ0n) is 10.1. The van der Waals surface area contributed by atoms with Gasteiger partial charge in [0.15, 0.2) is 0 Å². The minimum atomic E-state index is -1.01. The quantitative estimate of drug-likeness (QED) is 0.922. The van der Waals surface area contributed by atoms with Crippen LogP contribution in [0.3, 0.4) is 0 Å². The van der Waals surface area contributed by atoms with Crippen molar-refractivity contribution in [3.05, 3.63) is 53.2 Å². The predicted molar refractivity (Wildman–Crippen MR) is 66.8 cm³/mol. The molecule has 0 unspecified atom stereocenters. The van der Waals surface area contributed by atoms with E-state index in [1.807, 2.05) is 4.90 Å². The molecule has 0 amide bonds. The molecule has 4 nitrogen and oxygen atoms in total. The van der Waals surface area contributed by atoms with Crippen molar-refractivity contribution in [1.29, 1.82) is 0 Å². The SMILES string of the molecule is O=C(O)c1coc(CN2CCc3ccc(F)cc32)c1. The molecule has 1 N–H and O–H groups in total. The predicted octanol–water partition coefficient (Wildman–Crippen LogP) is 2.68. The van der Waals surface area contributed by atoms with Gasteiger partial charge in [-0.3, -0.25) is 0 Å². The van der Waals surface area contributed by atoms with Crippen LogP contribution in [0.25, 0.3) is 0 Å². The number of furan rings is 1. The Morgan fingerprint density at radius 1 is 1.42 bits per heavy atom. The minimum Gasteiger partial charge on any atom is -0.478 e. The number of hydrogen-bond donors (Lipinski definition) is 1. The maximum absolute atomic E-state index is 13.3. The Balaban J connectivity index is 1.82. The Kier molecular flexibility index (Phi) is 2.74. The van der Waals surface area contributed by atoms with Gasteiger partial charge in [-0.2, -0.15) is 0 Å². The molecule has 0 saturated heterocycles. The van der Waals surface area contributed by atoms with Crippen molar-refractivity contribution < 1.29 is 18.7 Å². The fraction of sp³-hybridized carbons (Fsp3) is 0.214. The Hall–Kier alpha value is -2.30. The lowest BCUT2D eigenvalue weighted by molar-refractivity contribution is 0.0696. The number of carboxylic acids is 1. The lowest BCUT2D eigenvalue weighted by Gasteiger charge is -2.17. The van der Waals surface area contributed by atoms with Gasteiger partial charge in [-0.1, -0.05) is 6.07 Å². The average molecular weight is 261 g/mol. The second kappa shape index (κ2) is 4.42. The number of hydrogen-bond acceptors (Lipinski definition) is 3. The summed E-state index contributed by atoms with van der Waals surface area (Å²) in [4.78, 5) is 12.8. The number of nitrogens with zero attached hydrogens (tertiary/aromatic N) is 1. The van der Waals surface area contributed by atoms with E-state index in [0.717, 1.165) is 24.2 Å². The van der Waals surface area contributed by atoms with Gasteiger partial charge in [-0.15, -0.1) is 0 Å². The molecule has 3 rings (SSSR count). The van der Waals surface area contributed by atoms with E-state index < -0.39 is 5.97 Å². The zero-order chi connectivity index (χ0) is 13.4. The monoisotopic (exact) mass is 261 g/mol. The summed E-state index contributed by atoms with van der Waals surface area (Å²) in [5, 5.41) is 8.83. The van der Waals surface area contributed by atoms with Gasteiger partial charge in [0.1, 0.15) is 17.8 Å². The Labute approximate surface area is 109 Å². The molecule has 2 aromatic rings. The third kappa shape index (κ3) is 2.19. The molecule has 0 radical (unpaired) electrons. The molecular weight excluding hydrogens is 249 g/mol. The number of rotatable bonds is 3. The molecule has 98 valence electrons. The van der Waals surface area contributed by atoms with Gasteiger partial charge in [-0.25, -0.2) is 9.18 Å². The summed E-state index contributed by atoms with van der Waals surface area (Å²) >= 11 is 0. The largest absolute Gasteiger partial charge is 0.478 e. The second-order valence-electron chi connectivity index (χ2n) is 4.55. The zero-order valence-corrected chi connectivity index (χ0v) is 10.1. The van der Waals surface area contributed by atoms with Crippen molar-refractivity contribution in [3.8, 4) is 0 Å². The summed E-state index contributed by atoms with van der Waals surface area (Å²) in [6.45, 7) is 1.23. The molecular formula is C14H12FNO3. The van der Waals surface area contributed by atoms with Crippen molar-refractivity contribution in [1.82, 2.24) is 0 Å². The van der Waals surface area contributed by atoms with E-state index >= 15 is 0 Å². The maximum atomic E-state index is 13.3. The third-order valence-electron chi connectivity index (χ3n) is 3.29. The fourth-order valence-corrected chi connectivity index (χ4v) is 2.35. The number of aromatic carboxylic acids is 1. The summed E-state index contributed by atoms with van der Waals surface area (Å²) in [7, 11) is 0. The van der Waals surface area contributed by atoms with Crippen LogP contribution in [0.1, 0.15) is 21.7 Å². The topological polar surface area (TPSA) is 53.7 Å². The summed E-state index contributed by atoms with van der Waals surface area (Å²) in [5.74, 6) is -0.714. The smallest absolute Gasteiger partial charge is 0.338 e. The van der Waals surface area contributed by atoms with Crippen LogP contribution in [0, 0.1) is 5.82 Å². The van der Waals surface area contributed by atoms with Crippen LogP contribution in [0.5, 0.6) is 0 Å². The van der Waals surface area contributed by atoms with Crippen molar-refractivity contribution in [2.45, 2.75) is 13.0 Å². The molecule has 1 aromatic heterocycles. The maximum Gasteiger partial charge on any atom is 0.338 e. The first kappa shape index (κ1) is 11.8. The molecule has 0 fully saturated rings. The van der Waals surface area contributed by atoms with Gasteiger partial charge < -0.3 is 14.4 Å². The number of halogens is 1. The van der Waals surface area contributed by atoms with E-state index in [4.69, 9.17) is 9.52 Å².